The number of nitrogens with one attached hydrogen (secondary N) is 1. The van der Waals surface area contributed by atoms with Gasteiger partial charge in [0.25, 0.3) is 0 Å². The highest BCUT2D eigenvalue weighted by Crippen LogP contribution is 2.19. The summed E-state index contributed by atoms with van der Waals surface area (Å²) in [5, 5.41) is 3.45. The SMILES string of the molecule is C=CCC(NCC)c1cccc(I)c1. The molecule has 0 fully saturated rings. The Morgan fingerprint density at radius 3 is 2.93 bits per heavy atom. The van der Waals surface area contributed by atoms with Crippen molar-refractivity contribution in [2.75, 3.05) is 6.54 Å². The molecule has 0 spiro atoms. The molecule has 0 saturated heterocycles. The molecule has 0 radical (unpaired) electrons. The van der Waals surface area contributed by atoms with E-state index in [1.165, 1.54) is 9.13 Å². The van der Waals surface area contributed by atoms with Gasteiger partial charge in [-0.05, 0) is 53.3 Å². The zero-order chi connectivity index (χ0) is 10.4. The third kappa shape index (κ3) is 3.42. The summed E-state index contributed by atoms with van der Waals surface area (Å²) < 4.78 is 1.28. The van der Waals surface area contributed by atoms with E-state index in [-0.39, 0.29) is 0 Å². The fourth-order valence-electron chi connectivity index (χ4n) is 1.47. The number of rotatable bonds is 5. The highest BCUT2D eigenvalue weighted by Gasteiger charge is 2.07. The van der Waals surface area contributed by atoms with E-state index in [9.17, 15) is 0 Å². The molecule has 0 aliphatic rings. The average Bonchev–Trinajstić information content (AvgIpc) is 2.17. The monoisotopic (exact) mass is 301 g/mol. The predicted octanol–water partition coefficient (Wildman–Crippen LogP) is 3.52. The maximum absolute atomic E-state index is 3.79. The van der Waals surface area contributed by atoms with Gasteiger partial charge in [-0.3, -0.25) is 0 Å². The Morgan fingerprint density at radius 1 is 1.57 bits per heavy atom. The first kappa shape index (κ1) is 11.7. The lowest BCUT2D eigenvalue weighted by Gasteiger charge is -2.16. The van der Waals surface area contributed by atoms with Gasteiger partial charge >= 0.3 is 0 Å². The molecule has 1 atom stereocenters. The molecule has 1 nitrogen and oxygen atoms in total. The molecule has 0 aromatic heterocycles. The second-order valence-corrected chi connectivity index (χ2v) is 4.44. The third-order valence-electron chi connectivity index (χ3n) is 2.10. The van der Waals surface area contributed by atoms with Crippen LogP contribution in [0.4, 0.5) is 0 Å². The van der Waals surface area contributed by atoms with Crippen molar-refractivity contribution in [3.8, 4) is 0 Å². The van der Waals surface area contributed by atoms with Gasteiger partial charge in [0.2, 0.25) is 0 Å². The van der Waals surface area contributed by atoms with Crippen LogP contribution in [0.3, 0.4) is 0 Å². The van der Waals surface area contributed by atoms with Crippen molar-refractivity contribution < 1.29 is 0 Å². The smallest absolute Gasteiger partial charge is 0.0355 e. The van der Waals surface area contributed by atoms with Gasteiger partial charge < -0.3 is 5.32 Å². The van der Waals surface area contributed by atoms with Gasteiger partial charge in [-0.2, -0.15) is 0 Å². The zero-order valence-corrected chi connectivity index (χ0v) is 10.6. The van der Waals surface area contributed by atoms with E-state index >= 15 is 0 Å². The molecule has 0 saturated carbocycles. The lowest BCUT2D eigenvalue weighted by Crippen LogP contribution is -2.20. The Morgan fingerprint density at radius 2 is 2.36 bits per heavy atom. The van der Waals surface area contributed by atoms with E-state index in [2.05, 4.69) is 65.7 Å². The summed E-state index contributed by atoms with van der Waals surface area (Å²) in [6.07, 6.45) is 2.95. The van der Waals surface area contributed by atoms with E-state index in [0.29, 0.717) is 6.04 Å². The van der Waals surface area contributed by atoms with Crippen LogP contribution in [-0.4, -0.2) is 6.54 Å². The Kier molecular flexibility index (Phi) is 5.19. The Balaban J connectivity index is 2.80. The van der Waals surface area contributed by atoms with Crippen molar-refractivity contribution in [2.24, 2.45) is 0 Å². The Hall–Kier alpha value is -0.350. The molecular weight excluding hydrogens is 285 g/mol. The van der Waals surface area contributed by atoms with Crippen LogP contribution in [0.15, 0.2) is 36.9 Å². The van der Waals surface area contributed by atoms with Crippen LogP contribution in [0.25, 0.3) is 0 Å². The third-order valence-corrected chi connectivity index (χ3v) is 2.77. The topological polar surface area (TPSA) is 12.0 Å². The molecular formula is C12H16IN. The van der Waals surface area contributed by atoms with E-state index in [4.69, 9.17) is 0 Å². The number of hydrogen-bond donors (Lipinski definition) is 1. The zero-order valence-electron chi connectivity index (χ0n) is 8.46. The van der Waals surface area contributed by atoms with Crippen LogP contribution >= 0.6 is 22.6 Å². The van der Waals surface area contributed by atoms with E-state index in [1.807, 2.05) is 6.08 Å². The van der Waals surface area contributed by atoms with Crippen LogP contribution in [0.5, 0.6) is 0 Å². The molecule has 1 N–H and O–H groups in total. The van der Waals surface area contributed by atoms with Gasteiger partial charge in [0.15, 0.2) is 0 Å². The molecule has 76 valence electrons. The Labute approximate surface area is 99.7 Å². The van der Waals surface area contributed by atoms with Gasteiger partial charge in [-0.25, -0.2) is 0 Å². The van der Waals surface area contributed by atoms with Crippen LogP contribution in [0, 0.1) is 3.57 Å². The lowest BCUT2D eigenvalue weighted by molar-refractivity contribution is 0.559. The highest BCUT2D eigenvalue weighted by molar-refractivity contribution is 14.1. The van der Waals surface area contributed by atoms with Crippen molar-refractivity contribution in [3.63, 3.8) is 0 Å². The fourth-order valence-corrected chi connectivity index (χ4v) is 2.04. The first-order valence-electron chi connectivity index (χ1n) is 4.87. The quantitative estimate of drug-likeness (QED) is 0.648. The number of benzene rings is 1. The average molecular weight is 301 g/mol. The second kappa shape index (κ2) is 6.19. The highest BCUT2D eigenvalue weighted by atomic mass is 127. The van der Waals surface area contributed by atoms with Crippen LogP contribution in [0.2, 0.25) is 0 Å². The fraction of sp³-hybridized carbons (Fsp3) is 0.333. The van der Waals surface area contributed by atoms with Crippen LogP contribution < -0.4 is 5.32 Å². The molecule has 1 aromatic rings. The van der Waals surface area contributed by atoms with Crippen molar-refractivity contribution >= 4 is 22.6 Å². The molecule has 0 bridgehead atoms. The van der Waals surface area contributed by atoms with E-state index in [1.54, 1.807) is 0 Å². The van der Waals surface area contributed by atoms with Gasteiger partial charge in [0.05, 0.1) is 0 Å². The molecule has 0 heterocycles. The summed E-state index contributed by atoms with van der Waals surface area (Å²) in [6, 6.07) is 9.01. The first-order valence-corrected chi connectivity index (χ1v) is 5.95. The summed E-state index contributed by atoms with van der Waals surface area (Å²) in [5.74, 6) is 0. The maximum atomic E-state index is 3.79. The van der Waals surface area contributed by atoms with Crippen molar-refractivity contribution in [2.45, 2.75) is 19.4 Å². The maximum Gasteiger partial charge on any atom is 0.0355 e. The summed E-state index contributed by atoms with van der Waals surface area (Å²) in [5.41, 5.74) is 1.35. The standard InChI is InChI=1S/C12H16IN/c1-3-6-12(14-4-2)10-7-5-8-11(13)9-10/h3,5,7-9,12,14H,1,4,6H2,2H3. The van der Waals surface area contributed by atoms with Crippen molar-refractivity contribution in [3.05, 3.63) is 46.1 Å². The minimum atomic E-state index is 0.409. The molecule has 1 unspecified atom stereocenters. The summed E-state index contributed by atoms with van der Waals surface area (Å²) >= 11 is 2.34. The van der Waals surface area contributed by atoms with Gasteiger partial charge in [-0.1, -0.05) is 25.1 Å². The number of hydrogen-bond acceptors (Lipinski definition) is 1. The molecule has 14 heavy (non-hydrogen) atoms. The molecule has 0 amide bonds. The van der Waals surface area contributed by atoms with E-state index in [0.717, 1.165) is 13.0 Å². The predicted molar refractivity (Wildman–Crippen MR) is 70.4 cm³/mol. The minimum absolute atomic E-state index is 0.409. The molecule has 0 aliphatic heterocycles. The van der Waals surface area contributed by atoms with Gasteiger partial charge in [0, 0.05) is 9.61 Å². The summed E-state index contributed by atoms with van der Waals surface area (Å²) in [7, 11) is 0. The van der Waals surface area contributed by atoms with E-state index < -0.39 is 0 Å². The van der Waals surface area contributed by atoms with Crippen molar-refractivity contribution in [1.29, 1.82) is 0 Å². The largest absolute Gasteiger partial charge is 0.310 e. The molecule has 1 rings (SSSR count). The van der Waals surface area contributed by atoms with Gasteiger partial charge in [-0.15, -0.1) is 6.58 Å². The van der Waals surface area contributed by atoms with Crippen LogP contribution in [-0.2, 0) is 0 Å². The van der Waals surface area contributed by atoms with Crippen molar-refractivity contribution in [1.82, 2.24) is 5.32 Å². The molecule has 2 heteroatoms. The second-order valence-electron chi connectivity index (χ2n) is 3.19. The molecule has 1 aromatic carbocycles. The lowest BCUT2D eigenvalue weighted by atomic mass is 10.0. The summed E-state index contributed by atoms with van der Waals surface area (Å²) in [4.78, 5) is 0. The minimum Gasteiger partial charge on any atom is -0.310 e. The first-order chi connectivity index (χ1) is 6.77. The van der Waals surface area contributed by atoms with Crippen LogP contribution in [0.1, 0.15) is 24.9 Å². The number of halogens is 1. The normalized spacial score (nSPS) is 12.4. The summed E-state index contributed by atoms with van der Waals surface area (Å²) in [6.45, 7) is 6.91. The Bertz CT molecular complexity index is 296. The molecule has 0 aliphatic carbocycles. The van der Waals surface area contributed by atoms with Gasteiger partial charge in [0.1, 0.15) is 0 Å².